The second-order valence-electron chi connectivity index (χ2n) is 5.85. The first kappa shape index (κ1) is 12.8. The third kappa shape index (κ3) is 3.20. The Balaban J connectivity index is 2.06. The van der Waals surface area contributed by atoms with Crippen LogP contribution in [-0.4, -0.2) is 21.9 Å². The lowest BCUT2D eigenvalue weighted by atomic mass is 9.76. The molecule has 1 nitrogen and oxygen atoms in total. The lowest BCUT2D eigenvalue weighted by Gasteiger charge is -2.42. The Labute approximate surface area is 107 Å². The summed E-state index contributed by atoms with van der Waals surface area (Å²) in [5, 5.41) is 1.53. The molecule has 17 heavy (non-hydrogen) atoms. The summed E-state index contributed by atoms with van der Waals surface area (Å²) >= 11 is 0. The number of rotatable bonds is 3. The minimum Gasteiger partial charge on any atom is -0.382 e. The fourth-order valence-electron chi connectivity index (χ4n) is 2.50. The molecular formula is C15H22OSi. The number of hydrogen-bond donors (Lipinski definition) is 0. The van der Waals surface area contributed by atoms with E-state index in [2.05, 4.69) is 44.2 Å². The van der Waals surface area contributed by atoms with Gasteiger partial charge in [0.2, 0.25) is 0 Å². The summed E-state index contributed by atoms with van der Waals surface area (Å²) in [6.45, 7) is 4.75. The van der Waals surface area contributed by atoms with Crippen molar-refractivity contribution in [2.24, 2.45) is 5.41 Å². The Morgan fingerprint density at radius 3 is 2.12 bits per heavy atom. The molecule has 92 valence electrons. The number of hydrogen-bond acceptors (Lipinski definition) is 1. The normalized spacial score (nSPS) is 22.3. The molecular weight excluding hydrogens is 224 g/mol. The zero-order valence-corrected chi connectivity index (χ0v) is 12.1. The minimum absolute atomic E-state index is 0.108. The molecule has 2 rings (SSSR count). The molecule has 1 aromatic rings. The first-order valence-corrected chi connectivity index (χ1v) is 7.44. The standard InChI is InChI=1S/C15H22OSi/c1-14(2)9-11-15(16-3,12-10-14)17-13-7-5-4-6-8-13/h4-8H,9-12H2,1-3H3. The number of ether oxygens (including phenoxy) is 1. The lowest BCUT2D eigenvalue weighted by Crippen LogP contribution is -2.48. The van der Waals surface area contributed by atoms with Crippen molar-refractivity contribution in [2.45, 2.75) is 44.8 Å². The summed E-state index contributed by atoms with van der Waals surface area (Å²) in [6.07, 6.45) is 4.95. The third-order valence-electron chi connectivity index (χ3n) is 3.95. The number of methoxy groups -OCH3 is 1. The predicted molar refractivity (Wildman–Crippen MR) is 73.8 cm³/mol. The van der Waals surface area contributed by atoms with E-state index in [1.54, 1.807) is 0 Å². The summed E-state index contributed by atoms with van der Waals surface area (Å²) in [5.74, 6) is 0. The van der Waals surface area contributed by atoms with E-state index in [9.17, 15) is 0 Å². The van der Waals surface area contributed by atoms with E-state index in [0.717, 1.165) is 9.52 Å². The topological polar surface area (TPSA) is 9.23 Å². The quantitative estimate of drug-likeness (QED) is 0.745. The molecule has 0 saturated heterocycles. The molecule has 0 aliphatic heterocycles. The maximum atomic E-state index is 5.89. The predicted octanol–water partition coefficient (Wildman–Crippen LogP) is 2.96. The molecule has 0 N–H and O–H groups in total. The van der Waals surface area contributed by atoms with Gasteiger partial charge in [-0.1, -0.05) is 49.4 Å². The second kappa shape index (κ2) is 4.95. The van der Waals surface area contributed by atoms with Crippen molar-refractivity contribution in [1.82, 2.24) is 0 Å². The summed E-state index contributed by atoms with van der Waals surface area (Å²) in [4.78, 5) is 0. The maximum absolute atomic E-state index is 5.89. The molecule has 0 spiro atoms. The Bertz CT molecular complexity index is 348. The van der Waals surface area contributed by atoms with E-state index in [-0.39, 0.29) is 5.22 Å². The van der Waals surface area contributed by atoms with Crippen LogP contribution in [0.15, 0.2) is 30.3 Å². The molecule has 1 fully saturated rings. The average molecular weight is 246 g/mol. The summed E-state index contributed by atoms with van der Waals surface area (Å²) in [7, 11) is 2.66. The van der Waals surface area contributed by atoms with Crippen molar-refractivity contribution in [2.75, 3.05) is 7.11 Å². The lowest BCUT2D eigenvalue weighted by molar-refractivity contribution is 0.00123. The van der Waals surface area contributed by atoms with Gasteiger partial charge in [-0.05, 0) is 31.1 Å². The molecule has 0 atom stereocenters. The van der Waals surface area contributed by atoms with Crippen LogP contribution in [-0.2, 0) is 4.74 Å². The van der Waals surface area contributed by atoms with E-state index in [1.807, 2.05) is 7.11 Å². The van der Waals surface area contributed by atoms with Crippen LogP contribution in [0.25, 0.3) is 0 Å². The molecule has 1 aliphatic carbocycles. The van der Waals surface area contributed by atoms with E-state index in [1.165, 1.54) is 30.9 Å². The monoisotopic (exact) mass is 246 g/mol. The van der Waals surface area contributed by atoms with E-state index in [0.29, 0.717) is 5.41 Å². The second-order valence-corrected chi connectivity index (χ2v) is 7.59. The highest BCUT2D eigenvalue weighted by atomic mass is 28.2. The van der Waals surface area contributed by atoms with Gasteiger partial charge in [0, 0.05) is 7.11 Å². The van der Waals surface area contributed by atoms with Crippen LogP contribution in [0.2, 0.25) is 0 Å². The Morgan fingerprint density at radius 1 is 1.00 bits per heavy atom. The summed E-state index contributed by atoms with van der Waals surface area (Å²) in [6, 6.07) is 10.8. The van der Waals surface area contributed by atoms with Crippen LogP contribution in [0.4, 0.5) is 0 Å². The van der Waals surface area contributed by atoms with Gasteiger partial charge in [0.1, 0.15) is 9.52 Å². The van der Waals surface area contributed by atoms with Crippen molar-refractivity contribution >= 4 is 14.7 Å². The summed E-state index contributed by atoms with van der Waals surface area (Å²) < 4.78 is 5.89. The van der Waals surface area contributed by atoms with Crippen LogP contribution in [0.5, 0.6) is 0 Å². The molecule has 1 saturated carbocycles. The maximum Gasteiger partial charge on any atom is 0.123 e. The Morgan fingerprint density at radius 2 is 1.59 bits per heavy atom. The van der Waals surface area contributed by atoms with E-state index >= 15 is 0 Å². The van der Waals surface area contributed by atoms with Crippen LogP contribution in [0, 0.1) is 5.41 Å². The largest absolute Gasteiger partial charge is 0.382 e. The van der Waals surface area contributed by atoms with Gasteiger partial charge < -0.3 is 4.74 Å². The smallest absolute Gasteiger partial charge is 0.123 e. The minimum atomic E-state index is 0.108. The van der Waals surface area contributed by atoms with Crippen LogP contribution in [0.1, 0.15) is 39.5 Å². The molecule has 1 aliphatic rings. The fourth-order valence-corrected chi connectivity index (χ4v) is 3.98. The first-order valence-electron chi connectivity index (χ1n) is 6.44. The van der Waals surface area contributed by atoms with Gasteiger partial charge in [0.25, 0.3) is 0 Å². The Kier molecular flexibility index (Phi) is 3.74. The van der Waals surface area contributed by atoms with Gasteiger partial charge in [-0.3, -0.25) is 0 Å². The zero-order chi connectivity index (χ0) is 12.4. The fraction of sp³-hybridized carbons (Fsp3) is 0.600. The molecule has 1 aromatic carbocycles. The van der Waals surface area contributed by atoms with Gasteiger partial charge in [-0.15, -0.1) is 0 Å². The first-order chi connectivity index (χ1) is 8.05. The van der Waals surface area contributed by atoms with Gasteiger partial charge in [-0.25, -0.2) is 0 Å². The van der Waals surface area contributed by atoms with E-state index < -0.39 is 0 Å². The van der Waals surface area contributed by atoms with Gasteiger partial charge in [0.15, 0.2) is 0 Å². The van der Waals surface area contributed by atoms with Crippen LogP contribution >= 0.6 is 0 Å². The Hall–Kier alpha value is -0.603. The summed E-state index contributed by atoms with van der Waals surface area (Å²) in [5.41, 5.74) is 0.503. The molecule has 0 unspecified atom stereocenters. The van der Waals surface area contributed by atoms with Crippen molar-refractivity contribution < 1.29 is 4.74 Å². The molecule has 0 aromatic heterocycles. The molecule has 2 radical (unpaired) electrons. The molecule has 0 bridgehead atoms. The highest BCUT2D eigenvalue weighted by Crippen LogP contribution is 2.41. The van der Waals surface area contributed by atoms with Crippen LogP contribution < -0.4 is 5.19 Å². The van der Waals surface area contributed by atoms with Gasteiger partial charge in [0.05, 0.1) is 5.22 Å². The highest BCUT2D eigenvalue weighted by molar-refractivity contribution is 6.56. The van der Waals surface area contributed by atoms with Crippen molar-refractivity contribution in [1.29, 1.82) is 0 Å². The molecule has 0 heterocycles. The molecule has 0 amide bonds. The highest BCUT2D eigenvalue weighted by Gasteiger charge is 2.38. The molecule has 2 heteroatoms. The van der Waals surface area contributed by atoms with Gasteiger partial charge >= 0.3 is 0 Å². The van der Waals surface area contributed by atoms with Gasteiger partial charge in [-0.2, -0.15) is 0 Å². The number of benzene rings is 1. The van der Waals surface area contributed by atoms with Crippen molar-refractivity contribution in [3.05, 3.63) is 30.3 Å². The SMILES string of the molecule is COC1([Si]c2ccccc2)CCC(C)(C)CC1. The van der Waals surface area contributed by atoms with Crippen molar-refractivity contribution in [3.8, 4) is 0 Å². The van der Waals surface area contributed by atoms with E-state index in [4.69, 9.17) is 4.74 Å². The zero-order valence-electron chi connectivity index (χ0n) is 11.1. The average Bonchev–Trinajstić information content (AvgIpc) is 2.34. The third-order valence-corrected chi connectivity index (χ3v) is 5.73. The van der Waals surface area contributed by atoms with Crippen molar-refractivity contribution in [3.63, 3.8) is 0 Å². The van der Waals surface area contributed by atoms with Crippen LogP contribution in [0.3, 0.4) is 0 Å².